The predicted octanol–water partition coefficient (Wildman–Crippen LogP) is 5.24. The lowest BCUT2D eigenvalue weighted by molar-refractivity contribution is 0.244. The molecule has 124 valence electrons. The quantitative estimate of drug-likeness (QED) is 0.585. The number of hydrogen-bond acceptors (Lipinski definition) is 3. The fourth-order valence-electron chi connectivity index (χ4n) is 2.29. The van der Waals surface area contributed by atoms with Gasteiger partial charge in [-0.1, -0.05) is 37.6 Å². The molecule has 0 N–H and O–H groups in total. The highest BCUT2D eigenvalue weighted by molar-refractivity contribution is 6.30. The van der Waals surface area contributed by atoms with Crippen LogP contribution in [0.15, 0.2) is 48.5 Å². The summed E-state index contributed by atoms with van der Waals surface area (Å²) in [6, 6.07) is 15.0. The van der Waals surface area contributed by atoms with Crippen LogP contribution in [0.5, 0.6) is 17.2 Å². The topological polar surface area (TPSA) is 21.7 Å². The number of hydrogen-bond donors (Lipinski definition) is 0. The zero-order valence-electron chi connectivity index (χ0n) is 13.8. The van der Waals surface area contributed by atoms with Crippen LogP contribution < -0.4 is 9.47 Å². The molecule has 0 aliphatic heterocycles. The number of halogens is 1. The van der Waals surface area contributed by atoms with Gasteiger partial charge in [-0.2, -0.15) is 0 Å². The fraction of sp³-hybridized carbons (Fsp3) is 0.368. The summed E-state index contributed by atoms with van der Waals surface area (Å²) in [6.45, 7) is 8.24. The normalized spacial score (nSPS) is 10.8. The molecule has 0 bridgehead atoms. The molecular formula is C19H24ClNO2. The molecule has 3 nitrogen and oxygen atoms in total. The Morgan fingerprint density at radius 1 is 0.913 bits per heavy atom. The first kappa shape index (κ1) is 17.6. The van der Waals surface area contributed by atoms with Crippen molar-refractivity contribution < 1.29 is 9.47 Å². The first-order valence-electron chi connectivity index (χ1n) is 8.10. The van der Waals surface area contributed by atoms with E-state index in [-0.39, 0.29) is 0 Å². The second kappa shape index (κ2) is 9.43. The highest BCUT2D eigenvalue weighted by atomic mass is 35.5. The van der Waals surface area contributed by atoms with E-state index in [0.29, 0.717) is 11.6 Å². The number of nitrogens with zero attached hydrogens (tertiary/aromatic N) is 1. The summed E-state index contributed by atoms with van der Waals surface area (Å²) >= 11 is 5.90. The first-order valence-corrected chi connectivity index (χ1v) is 8.48. The van der Waals surface area contributed by atoms with Gasteiger partial charge in [0.05, 0.1) is 6.61 Å². The molecule has 4 heteroatoms. The molecule has 2 aromatic rings. The highest BCUT2D eigenvalue weighted by Crippen LogP contribution is 2.31. The van der Waals surface area contributed by atoms with Gasteiger partial charge in [-0.15, -0.1) is 0 Å². The Morgan fingerprint density at radius 2 is 1.57 bits per heavy atom. The summed E-state index contributed by atoms with van der Waals surface area (Å²) in [5.41, 5.74) is 0. The minimum absolute atomic E-state index is 0.678. The van der Waals surface area contributed by atoms with E-state index >= 15 is 0 Å². The number of rotatable bonds is 9. The van der Waals surface area contributed by atoms with E-state index in [2.05, 4.69) is 18.7 Å². The van der Waals surface area contributed by atoms with Gasteiger partial charge in [0.2, 0.25) is 0 Å². The molecule has 2 rings (SSSR count). The van der Waals surface area contributed by atoms with E-state index in [1.54, 1.807) is 0 Å². The molecule has 0 aliphatic rings. The first-order chi connectivity index (χ1) is 11.2. The average molecular weight is 334 g/mol. The van der Waals surface area contributed by atoms with Gasteiger partial charge < -0.3 is 14.4 Å². The maximum absolute atomic E-state index is 5.90. The van der Waals surface area contributed by atoms with Crippen molar-refractivity contribution in [3.05, 3.63) is 53.6 Å². The Morgan fingerprint density at radius 3 is 2.22 bits per heavy atom. The van der Waals surface area contributed by atoms with Crippen LogP contribution in [0.1, 0.15) is 20.3 Å². The number of ether oxygens (including phenoxy) is 2. The van der Waals surface area contributed by atoms with E-state index in [9.17, 15) is 0 Å². The summed E-state index contributed by atoms with van der Waals surface area (Å²) in [5.74, 6) is 2.23. The summed E-state index contributed by atoms with van der Waals surface area (Å²) < 4.78 is 11.8. The zero-order valence-corrected chi connectivity index (χ0v) is 14.6. The van der Waals surface area contributed by atoms with Crippen molar-refractivity contribution >= 4 is 11.6 Å². The molecule has 0 saturated heterocycles. The molecule has 2 aromatic carbocycles. The van der Waals surface area contributed by atoms with Crippen molar-refractivity contribution in [1.82, 2.24) is 4.90 Å². The van der Waals surface area contributed by atoms with Crippen LogP contribution in [0, 0.1) is 0 Å². The van der Waals surface area contributed by atoms with Gasteiger partial charge in [0.1, 0.15) is 5.75 Å². The van der Waals surface area contributed by atoms with E-state index < -0.39 is 0 Å². The maximum Gasteiger partial charge on any atom is 0.169 e. The summed E-state index contributed by atoms with van der Waals surface area (Å²) in [5, 5.41) is 0.693. The van der Waals surface area contributed by atoms with Gasteiger partial charge in [0.25, 0.3) is 0 Å². The van der Waals surface area contributed by atoms with Crippen molar-refractivity contribution in [3.8, 4) is 17.2 Å². The molecule has 0 fully saturated rings. The predicted molar refractivity (Wildman–Crippen MR) is 95.9 cm³/mol. The molecule has 0 amide bonds. The molecule has 0 aromatic heterocycles. The summed E-state index contributed by atoms with van der Waals surface area (Å²) in [6.07, 6.45) is 0.997. The third-order valence-electron chi connectivity index (χ3n) is 3.66. The standard InChI is InChI=1S/C19H24ClNO2/c1-3-21(4-2)14-7-15-22-18-8-5-6-9-19(18)23-17-12-10-16(20)11-13-17/h5-6,8-13H,3-4,7,14-15H2,1-2H3. The van der Waals surface area contributed by atoms with Crippen LogP contribution >= 0.6 is 11.6 Å². The van der Waals surface area contributed by atoms with Crippen LogP contribution in [-0.4, -0.2) is 31.1 Å². The van der Waals surface area contributed by atoms with E-state index in [0.717, 1.165) is 43.3 Å². The Hall–Kier alpha value is -1.71. The molecule has 0 aliphatic carbocycles. The van der Waals surface area contributed by atoms with Gasteiger partial charge in [-0.25, -0.2) is 0 Å². The van der Waals surface area contributed by atoms with Crippen LogP contribution in [0.2, 0.25) is 5.02 Å². The van der Waals surface area contributed by atoms with Crippen LogP contribution in [0.3, 0.4) is 0 Å². The molecular weight excluding hydrogens is 310 g/mol. The Bertz CT molecular complexity index is 582. The third-order valence-corrected chi connectivity index (χ3v) is 3.91. The lowest BCUT2D eigenvalue weighted by Crippen LogP contribution is -2.25. The van der Waals surface area contributed by atoms with Crippen molar-refractivity contribution in [3.63, 3.8) is 0 Å². The SMILES string of the molecule is CCN(CC)CCCOc1ccccc1Oc1ccc(Cl)cc1. The monoisotopic (exact) mass is 333 g/mol. The fourth-order valence-corrected chi connectivity index (χ4v) is 2.42. The van der Waals surface area contributed by atoms with Gasteiger partial charge in [0.15, 0.2) is 11.5 Å². The van der Waals surface area contributed by atoms with Crippen LogP contribution in [0.4, 0.5) is 0 Å². The van der Waals surface area contributed by atoms with Crippen molar-refractivity contribution in [1.29, 1.82) is 0 Å². The zero-order chi connectivity index (χ0) is 16.5. The van der Waals surface area contributed by atoms with Gasteiger partial charge in [0, 0.05) is 11.6 Å². The van der Waals surface area contributed by atoms with Gasteiger partial charge in [-0.05, 0) is 55.9 Å². The van der Waals surface area contributed by atoms with E-state index in [1.807, 2.05) is 48.5 Å². The van der Waals surface area contributed by atoms with Crippen molar-refractivity contribution in [2.45, 2.75) is 20.3 Å². The minimum Gasteiger partial charge on any atom is -0.490 e. The molecule has 23 heavy (non-hydrogen) atoms. The van der Waals surface area contributed by atoms with Crippen molar-refractivity contribution in [2.75, 3.05) is 26.2 Å². The van der Waals surface area contributed by atoms with Crippen LogP contribution in [0.25, 0.3) is 0 Å². The van der Waals surface area contributed by atoms with E-state index in [1.165, 1.54) is 0 Å². The van der Waals surface area contributed by atoms with E-state index in [4.69, 9.17) is 21.1 Å². The Balaban J connectivity index is 1.91. The lowest BCUT2D eigenvalue weighted by atomic mass is 10.3. The Kier molecular flexibility index (Phi) is 7.24. The minimum atomic E-state index is 0.678. The molecule has 0 heterocycles. The molecule has 0 saturated carbocycles. The van der Waals surface area contributed by atoms with Gasteiger partial charge in [-0.3, -0.25) is 0 Å². The second-order valence-electron chi connectivity index (χ2n) is 5.23. The molecule has 0 atom stereocenters. The smallest absolute Gasteiger partial charge is 0.169 e. The van der Waals surface area contributed by atoms with Gasteiger partial charge >= 0.3 is 0 Å². The third kappa shape index (κ3) is 5.77. The maximum atomic E-state index is 5.90. The average Bonchev–Trinajstić information content (AvgIpc) is 2.58. The molecule has 0 spiro atoms. The van der Waals surface area contributed by atoms with Crippen molar-refractivity contribution in [2.24, 2.45) is 0 Å². The number of para-hydroxylation sites is 2. The second-order valence-corrected chi connectivity index (χ2v) is 5.67. The van der Waals surface area contributed by atoms with Crippen LogP contribution in [-0.2, 0) is 0 Å². The number of benzene rings is 2. The molecule has 0 unspecified atom stereocenters. The summed E-state index contributed by atoms with van der Waals surface area (Å²) in [7, 11) is 0. The summed E-state index contributed by atoms with van der Waals surface area (Å²) in [4.78, 5) is 2.39. The highest BCUT2D eigenvalue weighted by Gasteiger charge is 2.06. The largest absolute Gasteiger partial charge is 0.490 e. The lowest BCUT2D eigenvalue weighted by Gasteiger charge is -2.18. The molecule has 0 radical (unpaired) electrons. The Labute approximate surface area is 143 Å².